The van der Waals surface area contributed by atoms with Crippen LogP contribution in [-0.2, 0) is 11.3 Å². The summed E-state index contributed by atoms with van der Waals surface area (Å²) in [5.74, 6) is 0.887. The van der Waals surface area contributed by atoms with Crippen LogP contribution in [0.3, 0.4) is 0 Å². The van der Waals surface area contributed by atoms with E-state index in [0.29, 0.717) is 60.8 Å². The monoisotopic (exact) mass is 499 g/mol. The third-order valence-electron chi connectivity index (χ3n) is 6.51. The highest BCUT2D eigenvalue weighted by molar-refractivity contribution is 5.99. The first kappa shape index (κ1) is 24.6. The molecule has 1 aliphatic rings. The first-order valence-electron chi connectivity index (χ1n) is 12.4. The highest BCUT2D eigenvalue weighted by atomic mass is 16.5. The summed E-state index contributed by atoms with van der Waals surface area (Å²) >= 11 is 0. The molecule has 1 aromatic heterocycles. The summed E-state index contributed by atoms with van der Waals surface area (Å²) in [5, 5.41) is 0.449. The SMILES string of the molecule is CCOCCCN1C(=O)c2oc3ccccc3c(=O)c2C1c1ccc(OCc2ccccc2)c(OC)c1. The largest absolute Gasteiger partial charge is 0.493 e. The number of benzene rings is 3. The number of para-hydroxylation sites is 1. The number of carbonyl (C=O) groups excluding carboxylic acids is 1. The maximum absolute atomic E-state index is 13.6. The van der Waals surface area contributed by atoms with E-state index in [9.17, 15) is 9.59 Å². The minimum atomic E-state index is -0.609. The van der Waals surface area contributed by atoms with Crippen molar-refractivity contribution in [2.24, 2.45) is 0 Å². The van der Waals surface area contributed by atoms with Gasteiger partial charge in [-0.25, -0.2) is 0 Å². The molecule has 5 rings (SSSR count). The molecule has 1 atom stereocenters. The standard InChI is InChI=1S/C30H29NO6/c1-3-35-17-9-16-31-27(26-28(32)22-12-7-8-13-23(22)37-29(26)30(31)33)21-14-15-24(25(18-21)34-2)36-19-20-10-5-4-6-11-20/h4-8,10-15,18,27H,3,9,16-17,19H2,1-2H3. The Bertz CT molecular complexity index is 1460. The topological polar surface area (TPSA) is 78.2 Å². The van der Waals surface area contributed by atoms with Crippen molar-refractivity contribution in [3.8, 4) is 11.5 Å². The van der Waals surface area contributed by atoms with Gasteiger partial charge in [0.05, 0.1) is 24.1 Å². The van der Waals surface area contributed by atoms with E-state index >= 15 is 0 Å². The highest BCUT2D eigenvalue weighted by Gasteiger charge is 2.42. The summed E-state index contributed by atoms with van der Waals surface area (Å²) in [6, 6.07) is 21.8. The van der Waals surface area contributed by atoms with Gasteiger partial charge in [-0.1, -0.05) is 48.5 Å². The van der Waals surface area contributed by atoms with E-state index in [1.165, 1.54) is 0 Å². The van der Waals surface area contributed by atoms with Crippen molar-refractivity contribution in [1.29, 1.82) is 0 Å². The molecule has 0 radical (unpaired) electrons. The molecule has 3 aromatic carbocycles. The molecule has 4 aromatic rings. The van der Waals surface area contributed by atoms with Crippen molar-refractivity contribution in [1.82, 2.24) is 4.90 Å². The number of hydrogen-bond donors (Lipinski definition) is 0. The predicted molar refractivity (Wildman–Crippen MR) is 140 cm³/mol. The number of amides is 1. The van der Waals surface area contributed by atoms with E-state index in [2.05, 4.69) is 0 Å². The van der Waals surface area contributed by atoms with Crippen LogP contribution < -0.4 is 14.9 Å². The number of nitrogens with zero attached hydrogens (tertiary/aromatic N) is 1. The molecule has 7 nitrogen and oxygen atoms in total. The van der Waals surface area contributed by atoms with Gasteiger partial charge in [-0.3, -0.25) is 9.59 Å². The summed E-state index contributed by atoms with van der Waals surface area (Å²) in [4.78, 5) is 28.8. The van der Waals surface area contributed by atoms with E-state index in [4.69, 9.17) is 18.6 Å². The molecule has 0 saturated heterocycles. The lowest BCUT2D eigenvalue weighted by atomic mass is 9.98. The zero-order chi connectivity index (χ0) is 25.8. The summed E-state index contributed by atoms with van der Waals surface area (Å²) in [5.41, 5.74) is 2.33. The van der Waals surface area contributed by atoms with E-state index < -0.39 is 6.04 Å². The van der Waals surface area contributed by atoms with Crippen LogP contribution in [0, 0.1) is 0 Å². The molecule has 1 unspecified atom stereocenters. The van der Waals surface area contributed by atoms with E-state index in [1.54, 1.807) is 36.3 Å². The highest BCUT2D eigenvalue weighted by Crippen LogP contribution is 2.41. The molecule has 0 bridgehead atoms. The van der Waals surface area contributed by atoms with E-state index in [0.717, 1.165) is 11.1 Å². The van der Waals surface area contributed by atoms with Crippen molar-refractivity contribution in [3.63, 3.8) is 0 Å². The fraction of sp³-hybridized carbons (Fsp3) is 0.267. The number of methoxy groups -OCH3 is 1. The molecule has 0 saturated carbocycles. The molecule has 190 valence electrons. The lowest BCUT2D eigenvalue weighted by molar-refractivity contribution is 0.0695. The Morgan fingerprint density at radius 2 is 1.73 bits per heavy atom. The quantitative estimate of drug-likeness (QED) is 0.274. The molecule has 0 spiro atoms. The second kappa shape index (κ2) is 10.9. The van der Waals surface area contributed by atoms with Gasteiger partial charge in [-0.2, -0.15) is 0 Å². The maximum atomic E-state index is 13.6. The Hall–Kier alpha value is -4.10. The van der Waals surface area contributed by atoms with Crippen LogP contribution in [0.15, 0.2) is 82.0 Å². The first-order valence-corrected chi connectivity index (χ1v) is 12.4. The zero-order valence-electron chi connectivity index (χ0n) is 20.9. The van der Waals surface area contributed by atoms with Gasteiger partial charge < -0.3 is 23.5 Å². The Labute approximate surface area is 215 Å². The van der Waals surface area contributed by atoms with Crippen LogP contribution in [0.25, 0.3) is 11.0 Å². The Morgan fingerprint density at radius 1 is 0.946 bits per heavy atom. The number of hydrogen-bond acceptors (Lipinski definition) is 6. The van der Waals surface area contributed by atoms with Crippen molar-refractivity contribution < 1.29 is 23.4 Å². The van der Waals surface area contributed by atoms with Crippen LogP contribution in [0.4, 0.5) is 0 Å². The molecule has 1 amide bonds. The zero-order valence-corrected chi connectivity index (χ0v) is 20.9. The van der Waals surface area contributed by atoms with Crippen LogP contribution in [0.5, 0.6) is 11.5 Å². The molecule has 37 heavy (non-hydrogen) atoms. The lowest BCUT2D eigenvalue weighted by Gasteiger charge is -2.25. The van der Waals surface area contributed by atoms with Gasteiger partial charge in [0.25, 0.3) is 5.91 Å². The molecule has 1 aliphatic heterocycles. The lowest BCUT2D eigenvalue weighted by Crippen LogP contribution is -2.31. The van der Waals surface area contributed by atoms with Gasteiger partial charge in [0.15, 0.2) is 16.9 Å². The number of rotatable bonds is 10. The molecule has 0 fully saturated rings. The fourth-order valence-corrected chi connectivity index (χ4v) is 4.73. The summed E-state index contributed by atoms with van der Waals surface area (Å²) < 4.78 is 23.2. The van der Waals surface area contributed by atoms with Crippen LogP contribution in [0.1, 0.15) is 46.6 Å². The normalized spacial score (nSPS) is 14.7. The Balaban J connectivity index is 1.54. The molecular weight excluding hydrogens is 470 g/mol. The number of carbonyl (C=O) groups is 1. The van der Waals surface area contributed by atoms with Crippen molar-refractivity contribution in [2.75, 3.05) is 26.9 Å². The van der Waals surface area contributed by atoms with Crippen LogP contribution >= 0.6 is 0 Å². The number of ether oxygens (including phenoxy) is 3. The summed E-state index contributed by atoms with van der Waals surface area (Å²) in [6.45, 7) is 3.85. The third-order valence-corrected chi connectivity index (χ3v) is 6.51. The van der Waals surface area contributed by atoms with Crippen molar-refractivity contribution in [3.05, 3.63) is 105 Å². The van der Waals surface area contributed by atoms with Crippen molar-refractivity contribution in [2.45, 2.75) is 26.0 Å². The predicted octanol–water partition coefficient (Wildman–Crippen LogP) is 5.35. The smallest absolute Gasteiger partial charge is 0.290 e. The van der Waals surface area contributed by atoms with Crippen molar-refractivity contribution >= 4 is 16.9 Å². The third kappa shape index (κ3) is 4.82. The van der Waals surface area contributed by atoms with E-state index in [1.807, 2.05) is 55.5 Å². The van der Waals surface area contributed by atoms with Gasteiger partial charge in [0.1, 0.15) is 12.2 Å². The van der Waals surface area contributed by atoms with Gasteiger partial charge in [0, 0.05) is 19.8 Å². The van der Waals surface area contributed by atoms with Crippen LogP contribution in [0.2, 0.25) is 0 Å². The average Bonchev–Trinajstić information content (AvgIpc) is 3.22. The van der Waals surface area contributed by atoms with Gasteiger partial charge >= 0.3 is 0 Å². The molecule has 7 heteroatoms. The fourth-order valence-electron chi connectivity index (χ4n) is 4.73. The summed E-state index contributed by atoms with van der Waals surface area (Å²) in [6.07, 6.45) is 0.632. The Morgan fingerprint density at radius 3 is 2.51 bits per heavy atom. The molecule has 0 N–H and O–H groups in total. The average molecular weight is 500 g/mol. The minimum Gasteiger partial charge on any atom is -0.493 e. The minimum absolute atomic E-state index is 0.0912. The summed E-state index contributed by atoms with van der Waals surface area (Å²) in [7, 11) is 1.57. The molecule has 2 heterocycles. The second-order valence-corrected chi connectivity index (χ2v) is 8.81. The van der Waals surface area contributed by atoms with Gasteiger partial charge in [-0.05, 0) is 48.7 Å². The van der Waals surface area contributed by atoms with E-state index in [-0.39, 0.29) is 17.1 Å². The maximum Gasteiger partial charge on any atom is 0.290 e. The molecular formula is C30H29NO6. The van der Waals surface area contributed by atoms with Gasteiger partial charge in [0.2, 0.25) is 5.76 Å². The van der Waals surface area contributed by atoms with Crippen LogP contribution in [-0.4, -0.2) is 37.7 Å². The van der Waals surface area contributed by atoms with Gasteiger partial charge in [-0.15, -0.1) is 0 Å². The Kier molecular flexibility index (Phi) is 7.23. The second-order valence-electron chi connectivity index (χ2n) is 8.81. The number of fused-ring (bicyclic) bond motifs is 2. The first-order chi connectivity index (χ1) is 18.1. The molecule has 0 aliphatic carbocycles.